The van der Waals surface area contributed by atoms with Crippen LogP contribution in [0.15, 0.2) is 60.9 Å². The van der Waals surface area contributed by atoms with Gasteiger partial charge in [0.2, 0.25) is 0 Å². The average molecular weight is 806 g/mol. The van der Waals surface area contributed by atoms with Gasteiger partial charge in [0.25, 0.3) is 5.91 Å². The molecule has 54 heavy (non-hydrogen) atoms. The van der Waals surface area contributed by atoms with E-state index in [0.717, 1.165) is 37.5 Å². The highest BCUT2D eigenvalue weighted by molar-refractivity contribution is 7.22. The predicted molar refractivity (Wildman–Crippen MR) is 224 cm³/mol. The minimum atomic E-state index is -1.15. The zero-order valence-electron chi connectivity index (χ0n) is 32.6. The van der Waals surface area contributed by atoms with Crippen LogP contribution in [-0.2, 0) is 22.9 Å². The molecule has 0 unspecified atom stereocenters. The fraction of sp³-hybridized carbons (Fsp3) is 0.421. The van der Waals surface area contributed by atoms with Crippen molar-refractivity contribution in [2.45, 2.75) is 91.1 Å². The van der Waals surface area contributed by atoms with Crippen LogP contribution in [0.2, 0.25) is 51.4 Å². The number of aromatic carboxylic acids is 1. The summed E-state index contributed by atoms with van der Waals surface area (Å²) in [6.45, 7) is 21.7. The molecule has 1 amide bonds. The molecule has 0 saturated carbocycles. The van der Waals surface area contributed by atoms with E-state index < -0.39 is 22.1 Å². The Balaban J connectivity index is 0.000000210. The third-order valence-electron chi connectivity index (χ3n) is 7.92. The number of carboxylic acid groups (broad SMARTS) is 1. The molecule has 6 aromatic rings. The minimum absolute atomic E-state index is 0.146. The molecule has 0 aliphatic carbocycles. The minimum Gasteiger partial charge on any atom is -0.478 e. The molecule has 0 spiro atoms. The van der Waals surface area contributed by atoms with Gasteiger partial charge in [0, 0.05) is 47.3 Å². The summed E-state index contributed by atoms with van der Waals surface area (Å²) in [6.07, 6.45) is 3.27. The Morgan fingerprint density at radius 1 is 0.722 bits per heavy atom. The molecule has 0 aliphatic heterocycles. The first-order valence-corrected chi connectivity index (χ1v) is 27.0. The van der Waals surface area contributed by atoms with E-state index in [1.165, 1.54) is 22.2 Å². The van der Waals surface area contributed by atoms with Gasteiger partial charge in [-0.3, -0.25) is 4.79 Å². The number of hydrogen-bond acceptors (Lipinski definition) is 10. The molecule has 0 radical (unpaired) electrons. The van der Waals surface area contributed by atoms with E-state index in [9.17, 15) is 14.7 Å². The second-order valence-electron chi connectivity index (χ2n) is 16.5. The summed E-state index contributed by atoms with van der Waals surface area (Å²) in [7, 11) is -2.29. The molecular formula is C38H51N7O5S2Si2. The lowest BCUT2D eigenvalue weighted by atomic mass is 10.1. The van der Waals surface area contributed by atoms with Gasteiger partial charge >= 0.3 is 5.97 Å². The second kappa shape index (κ2) is 17.2. The first-order valence-electron chi connectivity index (χ1n) is 17.9. The van der Waals surface area contributed by atoms with E-state index in [0.29, 0.717) is 41.9 Å². The number of amides is 1. The summed E-state index contributed by atoms with van der Waals surface area (Å²) >= 11 is 2.98. The van der Waals surface area contributed by atoms with E-state index in [2.05, 4.69) is 59.8 Å². The Morgan fingerprint density at radius 3 is 1.56 bits per heavy atom. The standard InChI is InChI=1S/C21H30N4O2SSi.C17H21N3O3SSi/c1-21(2,3)23-19(26)15-13-25(14-27-11-12-29(4,5)6)24-18(15)20-22-16-9-7-8-10-17(16)28-20;1-25(2,3)9-8-23-11-20-10-12(17(21)22)15(19-20)16-18-13-6-4-5-7-14(13)24-16/h7-10,13H,11-12,14H2,1-6H3,(H,23,26);4-7,10H,8-9,11H2,1-3H3,(H,21,22). The van der Waals surface area contributed by atoms with E-state index >= 15 is 0 Å². The fourth-order valence-electron chi connectivity index (χ4n) is 5.04. The molecule has 0 bridgehead atoms. The van der Waals surface area contributed by atoms with Crippen LogP contribution in [-0.4, -0.2) is 81.4 Å². The number of nitrogens with one attached hydrogen (secondary N) is 1. The Bertz CT molecular complexity index is 2140. The lowest BCUT2D eigenvalue weighted by Crippen LogP contribution is -2.40. The molecule has 288 valence electrons. The smallest absolute Gasteiger partial charge is 0.339 e. The van der Waals surface area contributed by atoms with E-state index in [4.69, 9.17) is 14.5 Å². The number of thiazole rings is 2. The maximum absolute atomic E-state index is 12.9. The van der Waals surface area contributed by atoms with Gasteiger partial charge in [-0.25, -0.2) is 24.1 Å². The van der Waals surface area contributed by atoms with Gasteiger partial charge < -0.3 is 19.9 Å². The van der Waals surface area contributed by atoms with E-state index in [1.807, 2.05) is 69.3 Å². The van der Waals surface area contributed by atoms with E-state index in [-0.39, 0.29) is 23.7 Å². The molecule has 0 saturated heterocycles. The molecule has 4 aromatic heterocycles. The van der Waals surface area contributed by atoms with Crippen LogP contribution in [0.4, 0.5) is 0 Å². The zero-order valence-corrected chi connectivity index (χ0v) is 36.2. The van der Waals surface area contributed by atoms with Crippen molar-refractivity contribution in [3.8, 4) is 21.4 Å². The lowest BCUT2D eigenvalue weighted by Gasteiger charge is -2.20. The predicted octanol–water partition coefficient (Wildman–Crippen LogP) is 9.17. The van der Waals surface area contributed by atoms with E-state index in [1.54, 1.807) is 22.2 Å². The summed E-state index contributed by atoms with van der Waals surface area (Å²) < 4.78 is 16.8. The lowest BCUT2D eigenvalue weighted by molar-refractivity contribution is 0.0693. The van der Waals surface area contributed by atoms with Crippen LogP contribution in [0, 0.1) is 0 Å². The van der Waals surface area contributed by atoms with Gasteiger partial charge in [0.05, 0.1) is 26.0 Å². The molecule has 12 nitrogen and oxygen atoms in total. The fourth-order valence-corrected chi connectivity index (χ4v) is 8.48. The Hall–Kier alpha value is -4.07. The summed E-state index contributed by atoms with van der Waals surface area (Å²) in [5.41, 5.74) is 3.08. The maximum atomic E-state index is 12.9. The SMILES string of the molecule is CC(C)(C)NC(=O)c1cn(COCC[Si](C)(C)C)nc1-c1nc2ccccc2s1.C[Si](C)(C)CCOCn1cc(C(=O)O)c(-c2nc3ccccc3s2)n1. The number of carbonyl (C=O) groups excluding carboxylic acids is 1. The van der Waals surface area contributed by atoms with Crippen molar-refractivity contribution >= 4 is 71.1 Å². The molecule has 0 aliphatic rings. The maximum Gasteiger partial charge on any atom is 0.339 e. The topological polar surface area (TPSA) is 146 Å². The summed E-state index contributed by atoms with van der Waals surface area (Å²) in [6, 6.07) is 17.8. The van der Waals surface area contributed by atoms with Crippen molar-refractivity contribution in [3.63, 3.8) is 0 Å². The Morgan fingerprint density at radius 2 is 1.15 bits per heavy atom. The summed E-state index contributed by atoms with van der Waals surface area (Å²) in [4.78, 5) is 33.7. The third-order valence-corrected chi connectivity index (χ3v) is 13.4. The van der Waals surface area contributed by atoms with Crippen LogP contribution in [0.3, 0.4) is 0 Å². The van der Waals surface area contributed by atoms with Crippen LogP contribution in [0.25, 0.3) is 41.8 Å². The Kier molecular flexibility index (Phi) is 13.1. The first kappa shape index (κ1) is 41.1. The number of benzene rings is 2. The third kappa shape index (κ3) is 11.7. The number of aromatic nitrogens is 6. The number of para-hydroxylation sites is 2. The van der Waals surface area contributed by atoms with Gasteiger partial charge in [-0.1, -0.05) is 63.5 Å². The molecular weight excluding hydrogens is 755 g/mol. The molecule has 2 aromatic carbocycles. The van der Waals surface area contributed by atoms with Gasteiger partial charge in [-0.05, 0) is 57.1 Å². The molecule has 6 rings (SSSR count). The second-order valence-corrected chi connectivity index (χ2v) is 29.8. The van der Waals surface area contributed by atoms with Crippen molar-refractivity contribution in [2.24, 2.45) is 0 Å². The van der Waals surface area contributed by atoms with Crippen molar-refractivity contribution in [3.05, 3.63) is 72.1 Å². The average Bonchev–Trinajstić information content (AvgIpc) is 3.87. The molecule has 16 heteroatoms. The van der Waals surface area contributed by atoms with Crippen LogP contribution >= 0.6 is 22.7 Å². The molecule has 2 N–H and O–H groups in total. The molecule has 0 atom stereocenters. The molecule has 0 fully saturated rings. The number of rotatable bonds is 14. The van der Waals surface area contributed by atoms with Crippen molar-refractivity contribution in [1.29, 1.82) is 0 Å². The van der Waals surface area contributed by atoms with Crippen molar-refractivity contribution < 1.29 is 24.2 Å². The highest BCUT2D eigenvalue weighted by Crippen LogP contribution is 2.32. The van der Waals surface area contributed by atoms with Crippen molar-refractivity contribution in [2.75, 3.05) is 13.2 Å². The number of carbonyl (C=O) groups is 2. The summed E-state index contributed by atoms with van der Waals surface area (Å²) in [5.74, 6) is -1.16. The van der Waals surface area contributed by atoms with Gasteiger partial charge in [-0.2, -0.15) is 10.2 Å². The molecule has 4 heterocycles. The number of carboxylic acids is 1. The number of hydrogen-bond donors (Lipinski definition) is 2. The number of ether oxygens (including phenoxy) is 2. The normalized spacial score (nSPS) is 12.2. The highest BCUT2D eigenvalue weighted by atomic mass is 32.1. The van der Waals surface area contributed by atoms with Gasteiger partial charge in [0.1, 0.15) is 40.4 Å². The van der Waals surface area contributed by atoms with Gasteiger partial charge in [-0.15, -0.1) is 22.7 Å². The summed E-state index contributed by atoms with van der Waals surface area (Å²) in [5, 5.41) is 22.9. The highest BCUT2D eigenvalue weighted by Gasteiger charge is 2.25. The van der Waals surface area contributed by atoms with Gasteiger partial charge in [0.15, 0.2) is 0 Å². The quantitative estimate of drug-likeness (QED) is 0.0813. The van der Waals surface area contributed by atoms with Crippen LogP contribution in [0.5, 0.6) is 0 Å². The Labute approximate surface area is 326 Å². The van der Waals surface area contributed by atoms with Crippen LogP contribution in [0.1, 0.15) is 41.5 Å². The number of fused-ring (bicyclic) bond motifs is 2. The largest absolute Gasteiger partial charge is 0.478 e. The first-order chi connectivity index (χ1) is 25.3. The van der Waals surface area contributed by atoms with Crippen LogP contribution < -0.4 is 5.32 Å². The number of nitrogens with zero attached hydrogens (tertiary/aromatic N) is 6. The van der Waals surface area contributed by atoms with Crippen molar-refractivity contribution in [1.82, 2.24) is 34.8 Å². The zero-order chi connectivity index (χ0) is 39.3. The monoisotopic (exact) mass is 805 g/mol.